The smallest absolute Gasteiger partial charge is 0.356 e. The number of aromatic nitrogens is 3. The molecular formula is C12H10N6O3. The van der Waals surface area contributed by atoms with Gasteiger partial charge in [0.1, 0.15) is 5.69 Å². The molecular weight excluding hydrogens is 276 g/mol. The molecule has 0 aliphatic carbocycles. The van der Waals surface area contributed by atoms with Crippen LogP contribution in [0.5, 0.6) is 0 Å². The van der Waals surface area contributed by atoms with Gasteiger partial charge in [0.15, 0.2) is 0 Å². The SMILES string of the molecule is N#CC(Cc1cccnc1)c1nc(N)[nH]c(=O)c1[N+](=O)[O-]. The molecule has 0 saturated carbocycles. The Kier molecular flexibility index (Phi) is 3.90. The molecule has 2 aromatic heterocycles. The number of rotatable bonds is 4. The zero-order chi connectivity index (χ0) is 15.4. The number of nitrogens with zero attached hydrogens (tertiary/aromatic N) is 4. The third-order valence-electron chi connectivity index (χ3n) is 2.77. The molecule has 0 aromatic carbocycles. The molecule has 2 aromatic rings. The largest absolute Gasteiger partial charge is 0.369 e. The number of nitriles is 1. The van der Waals surface area contributed by atoms with Crippen LogP contribution in [0.2, 0.25) is 0 Å². The third kappa shape index (κ3) is 3.01. The van der Waals surface area contributed by atoms with Crippen molar-refractivity contribution < 1.29 is 4.92 Å². The van der Waals surface area contributed by atoms with Crippen molar-refractivity contribution in [3.63, 3.8) is 0 Å². The zero-order valence-electron chi connectivity index (χ0n) is 10.7. The lowest BCUT2D eigenvalue weighted by atomic mass is 9.97. The molecule has 2 heterocycles. The second-order valence-electron chi connectivity index (χ2n) is 4.19. The predicted molar refractivity (Wildman–Crippen MR) is 72.2 cm³/mol. The van der Waals surface area contributed by atoms with E-state index in [0.717, 1.165) is 0 Å². The number of pyridine rings is 1. The van der Waals surface area contributed by atoms with Gasteiger partial charge in [-0.05, 0) is 18.1 Å². The first-order chi connectivity index (χ1) is 10.0. The summed E-state index contributed by atoms with van der Waals surface area (Å²) in [7, 11) is 0. The number of aromatic amines is 1. The van der Waals surface area contributed by atoms with Crippen molar-refractivity contribution in [1.82, 2.24) is 15.0 Å². The van der Waals surface area contributed by atoms with Gasteiger partial charge in [-0.25, -0.2) is 4.98 Å². The first-order valence-electron chi connectivity index (χ1n) is 5.85. The summed E-state index contributed by atoms with van der Waals surface area (Å²) in [5.41, 5.74) is 4.11. The average molecular weight is 286 g/mol. The minimum atomic E-state index is -0.978. The summed E-state index contributed by atoms with van der Waals surface area (Å²) in [6.45, 7) is 0. The Hall–Kier alpha value is -3.28. The van der Waals surface area contributed by atoms with Gasteiger partial charge in [0.25, 0.3) is 0 Å². The van der Waals surface area contributed by atoms with E-state index >= 15 is 0 Å². The minimum Gasteiger partial charge on any atom is -0.369 e. The normalized spacial score (nSPS) is 11.6. The topological polar surface area (TPSA) is 152 Å². The molecule has 2 rings (SSSR count). The molecule has 0 spiro atoms. The lowest BCUT2D eigenvalue weighted by Crippen LogP contribution is -2.20. The Morgan fingerprint density at radius 2 is 2.33 bits per heavy atom. The van der Waals surface area contributed by atoms with Gasteiger partial charge >= 0.3 is 11.2 Å². The van der Waals surface area contributed by atoms with E-state index < -0.39 is 22.1 Å². The molecule has 0 aliphatic rings. The maximum absolute atomic E-state index is 11.6. The number of nitrogens with two attached hydrogens (primary N) is 1. The van der Waals surface area contributed by atoms with Gasteiger partial charge in [-0.3, -0.25) is 24.9 Å². The predicted octanol–water partition coefficient (Wildman–Crippen LogP) is 0.505. The summed E-state index contributed by atoms with van der Waals surface area (Å²) in [6, 6.07) is 5.31. The zero-order valence-corrected chi connectivity index (χ0v) is 10.7. The third-order valence-corrected chi connectivity index (χ3v) is 2.77. The summed E-state index contributed by atoms with van der Waals surface area (Å²) in [5.74, 6) is -1.24. The van der Waals surface area contributed by atoms with Crippen LogP contribution in [0.3, 0.4) is 0 Å². The molecule has 0 fully saturated rings. The maximum atomic E-state index is 11.6. The molecule has 21 heavy (non-hydrogen) atoms. The summed E-state index contributed by atoms with van der Waals surface area (Å²) in [4.78, 5) is 31.5. The van der Waals surface area contributed by atoms with Crippen molar-refractivity contribution in [1.29, 1.82) is 5.26 Å². The Balaban J connectivity index is 2.50. The Morgan fingerprint density at radius 3 is 2.90 bits per heavy atom. The molecule has 0 aliphatic heterocycles. The van der Waals surface area contributed by atoms with E-state index in [2.05, 4.69) is 15.0 Å². The van der Waals surface area contributed by atoms with Gasteiger partial charge in [-0.1, -0.05) is 6.07 Å². The van der Waals surface area contributed by atoms with Crippen molar-refractivity contribution in [2.75, 3.05) is 5.73 Å². The van der Waals surface area contributed by atoms with Crippen LogP contribution in [0.15, 0.2) is 29.3 Å². The van der Waals surface area contributed by atoms with Gasteiger partial charge in [0.2, 0.25) is 5.95 Å². The molecule has 0 bridgehead atoms. The highest BCUT2D eigenvalue weighted by atomic mass is 16.6. The van der Waals surface area contributed by atoms with Crippen molar-refractivity contribution in [2.45, 2.75) is 12.3 Å². The number of nitro groups is 1. The van der Waals surface area contributed by atoms with Crippen LogP contribution in [-0.2, 0) is 6.42 Å². The summed E-state index contributed by atoms with van der Waals surface area (Å²) >= 11 is 0. The van der Waals surface area contributed by atoms with Crippen molar-refractivity contribution in [3.8, 4) is 6.07 Å². The fourth-order valence-electron chi connectivity index (χ4n) is 1.88. The molecule has 0 saturated heterocycles. The van der Waals surface area contributed by atoms with Crippen LogP contribution in [0.4, 0.5) is 11.6 Å². The molecule has 0 amide bonds. The lowest BCUT2D eigenvalue weighted by Gasteiger charge is -2.09. The number of nitrogens with one attached hydrogen (secondary N) is 1. The van der Waals surface area contributed by atoms with E-state index in [9.17, 15) is 20.2 Å². The van der Waals surface area contributed by atoms with E-state index in [-0.39, 0.29) is 18.1 Å². The number of hydrogen-bond acceptors (Lipinski definition) is 7. The van der Waals surface area contributed by atoms with E-state index in [1.54, 1.807) is 18.3 Å². The highest BCUT2D eigenvalue weighted by Gasteiger charge is 2.28. The van der Waals surface area contributed by atoms with Gasteiger partial charge < -0.3 is 5.73 Å². The van der Waals surface area contributed by atoms with Crippen LogP contribution >= 0.6 is 0 Å². The highest BCUT2D eigenvalue weighted by molar-refractivity contribution is 5.42. The second kappa shape index (κ2) is 5.79. The summed E-state index contributed by atoms with van der Waals surface area (Å²) < 4.78 is 0. The Bertz CT molecular complexity index is 765. The number of hydrogen-bond donors (Lipinski definition) is 2. The molecule has 9 nitrogen and oxygen atoms in total. The van der Waals surface area contributed by atoms with Crippen LogP contribution in [0, 0.1) is 21.4 Å². The highest BCUT2D eigenvalue weighted by Crippen LogP contribution is 2.24. The minimum absolute atomic E-state index is 0.140. The average Bonchev–Trinajstić information content (AvgIpc) is 2.44. The molecule has 1 atom stereocenters. The Labute approximate surface area is 118 Å². The summed E-state index contributed by atoms with van der Waals surface area (Å²) in [6.07, 6.45) is 3.24. The molecule has 9 heteroatoms. The second-order valence-corrected chi connectivity index (χ2v) is 4.19. The molecule has 106 valence electrons. The van der Waals surface area contributed by atoms with E-state index in [1.165, 1.54) is 6.20 Å². The van der Waals surface area contributed by atoms with Crippen LogP contribution in [0.1, 0.15) is 17.2 Å². The lowest BCUT2D eigenvalue weighted by molar-refractivity contribution is -0.387. The van der Waals surface area contributed by atoms with Crippen LogP contribution in [0.25, 0.3) is 0 Å². The van der Waals surface area contributed by atoms with E-state index in [4.69, 9.17) is 5.73 Å². The van der Waals surface area contributed by atoms with Crippen LogP contribution in [-0.4, -0.2) is 19.9 Å². The van der Waals surface area contributed by atoms with Gasteiger partial charge in [-0.15, -0.1) is 0 Å². The summed E-state index contributed by atoms with van der Waals surface area (Å²) in [5, 5.41) is 20.3. The first-order valence-corrected chi connectivity index (χ1v) is 5.85. The van der Waals surface area contributed by atoms with Gasteiger partial charge in [-0.2, -0.15) is 5.26 Å². The molecule has 1 unspecified atom stereocenters. The molecule has 0 radical (unpaired) electrons. The maximum Gasteiger partial charge on any atom is 0.356 e. The van der Waals surface area contributed by atoms with Gasteiger partial charge in [0.05, 0.1) is 16.9 Å². The van der Waals surface area contributed by atoms with E-state index in [0.29, 0.717) is 5.56 Å². The monoisotopic (exact) mass is 286 g/mol. The van der Waals surface area contributed by atoms with E-state index in [1.807, 2.05) is 6.07 Å². The fraction of sp³-hybridized carbons (Fsp3) is 0.167. The number of H-pyrrole nitrogens is 1. The van der Waals surface area contributed by atoms with Crippen LogP contribution < -0.4 is 11.3 Å². The standard InChI is InChI=1S/C12H10N6O3/c13-5-8(4-7-2-1-3-15-6-7)9-10(18(20)21)11(19)17-12(14)16-9/h1-3,6,8H,4H2,(H3,14,16,17,19). The van der Waals surface area contributed by atoms with Crippen molar-refractivity contribution in [2.24, 2.45) is 0 Å². The Morgan fingerprint density at radius 1 is 1.57 bits per heavy atom. The molecule has 3 N–H and O–H groups in total. The number of nitrogen functional groups attached to an aromatic ring is 1. The van der Waals surface area contributed by atoms with Gasteiger partial charge in [0, 0.05) is 12.4 Å². The number of anilines is 1. The fourth-order valence-corrected chi connectivity index (χ4v) is 1.88. The van der Waals surface area contributed by atoms with Crippen molar-refractivity contribution >= 4 is 11.6 Å². The first kappa shape index (κ1) is 14.1. The van der Waals surface area contributed by atoms with Crippen molar-refractivity contribution in [3.05, 3.63) is 56.3 Å². The quantitative estimate of drug-likeness (QED) is 0.613.